The molecule has 2 aromatic carbocycles. The summed E-state index contributed by atoms with van der Waals surface area (Å²) in [6.45, 7) is 4.45. The fourth-order valence-electron chi connectivity index (χ4n) is 2.62. The van der Waals surface area contributed by atoms with Crippen LogP contribution in [0.3, 0.4) is 0 Å². The Hall–Kier alpha value is -2.51. The Morgan fingerprint density at radius 2 is 1.96 bits per heavy atom. The maximum atomic E-state index is 12.3. The highest BCUT2D eigenvalue weighted by atomic mass is 35.5. The first-order valence-electron chi connectivity index (χ1n) is 8.80. The third-order valence-electron chi connectivity index (χ3n) is 4.13. The molecule has 3 aromatic rings. The molecule has 0 saturated carbocycles. The Kier molecular flexibility index (Phi) is 6.59. The number of carbonyl (C=O) groups excluding carboxylic acids is 1. The number of benzene rings is 2. The van der Waals surface area contributed by atoms with E-state index < -0.39 is 0 Å². The van der Waals surface area contributed by atoms with Crippen LogP contribution in [0.4, 0.5) is 5.69 Å². The van der Waals surface area contributed by atoms with Crippen molar-refractivity contribution in [3.05, 3.63) is 53.1 Å². The number of carbonyl (C=O) groups is 1. The molecule has 8 heteroatoms. The Balaban J connectivity index is 1.64. The molecular weight excluding hydrogens is 396 g/mol. The molecule has 3 rings (SSSR count). The second-order valence-electron chi connectivity index (χ2n) is 6.07. The number of nitrogens with zero attached hydrogens (tertiary/aromatic N) is 3. The molecule has 0 aliphatic carbocycles. The molecule has 0 radical (unpaired) electrons. The zero-order chi connectivity index (χ0) is 20.1. The molecule has 0 atom stereocenters. The van der Waals surface area contributed by atoms with E-state index in [9.17, 15) is 4.79 Å². The highest BCUT2D eigenvalue weighted by Crippen LogP contribution is 2.26. The molecule has 0 spiro atoms. The molecule has 1 N–H and O–H groups in total. The van der Waals surface area contributed by atoms with Gasteiger partial charge in [-0.2, -0.15) is 0 Å². The van der Waals surface area contributed by atoms with Gasteiger partial charge in [-0.15, -0.1) is 10.2 Å². The zero-order valence-electron chi connectivity index (χ0n) is 15.9. The Morgan fingerprint density at radius 1 is 1.21 bits per heavy atom. The first kappa shape index (κ1) is 20.2. The Morgan fingerprint density at radius 3 is 2.68 bits per heavy atom. The number of rotatable bonds is 7. The minimum atomic E-state index is -0.124. The van der Waals surface area contributed by atoms with Crippen molar-refractivity contribution in [3.8, 4) is 17.1 Å². The maximum Gasteiger partial charge on any atom is 0.234 e. The van der Waals surface area contributed by atoms with Crippen molar-refractivity contribution in [2.75, 3.05) is 17.7 Å². The highest BCUT2D eigenvalue weighted by molar-refractivity contribution is 7.99. The Bertz CT molecular complexity index is 973. The van der Waals surface area contributed by atoms with Crippen LogP contribution >= 0.6 is 23.4 Å². The van der Waals surface area contributed by atoms with Crippen molar-refractivity contribution in [2.24, 2.45) is 7.05 Å². The molecule has 6 nitrogen and oxygen atoms in total. The van der Waals surface area contributed by atoms with Crippen molar-refractivity contribution in [3.63, 3.8) is 0 Å². The number of nitrogens with one attached hydrogen (secondary N) is 1. The molecule has 0 bridgehead atoms. The van der Waals surface area contributed by atoms with Crippen LogP contribution in [0.25, 0.3) is 11.4 Å². The highest BCUT2D eigenvalue weighted by Gasteiger charge is 2.14. The van der Waals surface area contributed by atoms with Crippen LogP contribution in [0, 0.1) is 6.92 Å². The van der Waals surface area contributed by atoms with E-state index in [-0.39, 0.29) is 11.7 Å². The standard InChI is InChI=1S/C20H21ClN4O2S/c1-4-27-15-10-8-14(9-11-15)19-23-24-20(25(19)3)28-12-18(26)22-17-7-5-6-16(21)13(17)2/h5-11H,4,12H2,1-3H3,(H,22,26). The number of ether oxygens (including phenoxy) is 1. The smallest absolute Gasteiger partial charge is 0.234 e. The van der Waals surface area contributed by atoms with E-state index in [4.69, 9.17) is 16.3 Å². The number of amides is 1. The topological polar surface area (TPSA) is 69.0 Å². The number of halogens is 1. The van der Waals surface area contributed by atoms with Crippen LogP contribution in [-0.4, -0.2) is 33.0 Å². The minimum Gasteiger partial charge on any atom is -0.494 e. The third kappa shape index (κ3) is 4.66. The Labute approximate surface area is 173 Å². The number of aromatic nitrogens is 3. The lowest BCUT2D eigenvalue weighted by atomic mass is 10.2. The third-order valence-corrected chi connectivity index (χ3v) is 5.56. The van der Waals surface area contributed by atoms with E-state index in [0.29, 0.717) is 22.5 Å². The van der Waals surface area contributed by atoms with Crippen LogP contribution < -0.4 is 10.1 Å². The summed E-state index contributed by atoms with van der Waals surface area (Å²) in [6, 6.07) is 13.1. The molecule has 0 saturated heterocycles. The van der Waals surface area contributed by atoms with Gasteiger partial charge >= 0.3 is 0 Å². The number of hydrogen-bond donors (Lipinski definition) is 1. The second kappa shape index (κ2) is 9.12. The molecule has 0 aliphatic heterocycles. The monoisotopic (exact) mass is 416 g/mol. The molecule has 28 heavy (non-hydrogen) atoms. The lowest BCUT2D eigenvalue weighted by molar-refractivity contribution is -0.113. The largest absolute Gasteiger partial charge is 0.494 e. The van der Waals surface area contributed by atoms with E-state index in [1.807, 2.05) is 61.9 Å². The van der Waals surface area contributed by atoms with Crippen molar-refractivity contribution < 1.29 is 9.53 Å². The van der Waals surface area contributed by atoms with Gasteiger partial charge in [0.05, 0.1) is 12.4 Å². The van der Waals surface area contributed by atoms with Crippen molar-refractivity contribution >= 4 is 35.0 Å². The molecule has 1 amide bonds. The quantitative estimate of drug-likeness (QED) is 0.571. The average Bonchev–Trinajstić information content (AvgIpc) is 3.05. The molecular formula is C20H21ClN4O2S. The normalized spacial score (nSPS) is 10.7. The number of anilines is 1. The summed E-state index contributed by atoms with van der Waals surface area (Å²) in [5.74, 6) is 1.65. The zero-order valence-corrected chi connectivity index (χ0v) is 17.5. The SMILES string of the molecule is CCOc1ccc(-c2nnc(SCC(=O)Nc3cccc(Cl)c3C)n2C)cc1. The first-order chi connectivity index (χ1) is 13.5. The van der Waals surface area contributed by atoms with Gasteiger partial charge in [-0.25, -0.2) is 0 Å². The molecule has 1 aromatic heterocycles. The summed E-state index contributed by atoms with van der Waals surface area (Å²) >= 11 is 7.42. The van der Waals surface area contributed by atoms with E-state index in [2.05, 4.69) is 15.5 Å². The van der Waals surface area contributed by atoms with Gasteiger partial charge in [0, 0.05) is 23.3 Å². The van der Waals surface area contributed by atoms with Crippen LogP contribution in [0.1, 0.15) is 12.5 Å². The van der Waals surface area contributed by atoms with E-state index in [1.165, 1.54) is 11.8 Å². The minimum absolute atomic E-state index is 0.124. The summed E-state index contributed by atoms with van der Waals surface area (Å²) in [5, 5.41) is 12.6. The summed E-state index contributed by atoms with van der Waals surface area (Å²) < 4.78 is 7.34. The van der Waals surface area contributed by atoms with Crippen LogP contribution in [-0.2, 0) is 11.8 Å². The predicted octanol–water partition coefficient (Wildman–Crippen LogP) is 4.57. The summed E-state index contributed by atoms with van der Waals surface area (Å²) in [7, 11) is 1.88. The molecule has 0 unspecified atom stereocenters. The van der Waals surface area contributed by atoms with E-state index in [1.54, 1.807) is 6.07 Å². The van der Waals surface area contributed by atoms with Crippen molar-refractivity contribution in [1.82, 2.24) is 14.8 Å². The predicted molar refractivity (Wildman–Crippen MR) is 113 cm³/mol. The van der Waals surface area contributed by atoms with E-state index >= 15 is 0 Å². The lowest BCUT2D eigenvalue weighted by Gasteiger charge is -2.09. The van der Waals surface area contributed by atoms with E-state index in [0.717, 1.165) is 22.7 Å². The fraction of sp³-hybridized carbons (Fsp3) is 0.250. The summed E-state index contributed by atoms with van der Waals surface area (Å²) in [6.07, 6.45) is 0. The van der Waals surface area contributed by atoms with Crippen LogP contribution in [0.5, 0.6) is 5.75 Å². The fourth-order valence-corrected chi connectivity index (χ4v) is 3.50. The van der Waals surface area contributed by atoms with Gasteiger partial charge in [0.2, 0.25) is 5.91 Å². The van der Waals surface area contributed by atoms with Gasteiger partial charge in [0.1, 0.15) is 5.75 Å². The van der Waals surface area contributed by atoms with Gasteiger partial charge in [-0.3, -0.25) is 4.79 Å². The van der Waals surface area contributed by atoms with Gasteiger partial charge in [-0.1, -0.05) is 29.4 Å². The van der Waals surface area contributed by atoms with Gasteiger partial charge in [0.25, 0.3) is 0 Å². The average molecular weight is 417 g/mol. The van der Waals surface area contributed by atoms with Gasteiger partial charge in [0.15, 0.2) is 11.0 Å². The van der Waals surface area contributed by atoms with Crippen molar-refractivity contribution in [1.29, 1.82) is 0 Å². The van der Waals surface area contributed by atoms with Crippen LogP contribution in [0.15, 0.2) is 47.6 Å². The first-order valence-corrected chi connectivity index (χ1v) is 10.2. The molecule has 0 aliphatic rings. The van der Waals surface area contributed by atoms with Gasteiger partial charge < -0.3 is 14.6 Å². The molecule has 0 fully saturated rings. The second-order valence-corrected chi connectivity index (χ2v) is 7.42. The molecule has 1 heterocycles. The van der Waals surface area contributed by atoms with Gasteiger partial charge in [-0.05, 0) is 55.8 Å². The summed E-state index contributed by atoms with van der Waals surface area (Å²) in [5.41, 5.74) is 2.49. The number of thioether (sulfide) groups is 1. The molecule has 146 valence electrons. The van der Waals surface area contributed by atoms with Crippen LogP contribution in [0.2, 0.25) is 5.02 Å². The summed E-state index contributed by atoms with van der Waals surface area (Å²) in [4.78, 5) is 12.3. The lowest BCUT2D eigenvalue weighted by Crippen LogP contribution is -2.15. The maximum absolute atomic E-state index is 12.3. The number of hydrogen-bond acceptors (Lipinski definition) is 5. The van der Waals surface area contributed by atoms with Crippen molar-refractivity contribution in [2.45, 2.75) is 19.0 Å².